The second-order valence-electron chi connectivity index (χ2n) is 10.8. The molecule has 1 fully saturated rings. The summed E-state index contributed by atoms with van der Waals surface area (Å²) in [6.45, 7) is 9.38. The van der Waals surface area contributed by atoms with Crippen LogP contribution in [0, 0.1) is 0 Å². The van der Waals surface area contributed by atoms with E-state index in [0.717, 1.165) is 75.1 Å². The van der Waals surface area contributed by atoms with E-state index in [1.807, 2.05) is 38.1 Å². The lowest BCUT2D eigenvalue weighted by atomic mass is 10.1. The molecule has 5 rings (SSSR count). The lowest BCUT2D eigenvalue weighted by Crippen LogP contribution is -3.00. The normalized spacial score (nSPS) is 14.6. The summed E-state index contributed by atoms with van der Waals surface area (Å²) in [5.74, 6) is 0.743. The molecule has 1 N–H and O–H groups in total. The SMILES string of the molecule is CCC(CC)OC(=O)OC[N+]1(CCCCOc2ccc3ccc(=O)[nH]c3c2)CCN(c2cccc3sccc23)CC1.[I-]. The van der Waals surface area contributed by atoms with Crippen LogP contribution >= 0.6 is 11.3 Å². The fraction of sp³-hybridized carbons (Fsp3) is 0.438. The maximum Gasteiger partial charge on any atom is 0.512 e. The van der Waals surface area contributed by atoms with Crippen molar-refractivity contribution in [3.8, 4) is 5.75 Å². The fourth-order valence-corrected chi connectivity index (χ4v) is 6.38. The molecule has 2 aromatic heterocycles. The van der Waals surface area contributed by atoms with Crippen LogP contribution < -0.4 is 39.2 Å². The van der Waals surface area contributed by atoms with Crippen LogP contribution in [0.1, 0.15) is 39.5 Å². The Bertz CT molecular complexity index is 1510. The number of carbonyl (C=O) groups excluding carboxylic acids is 1. The monoisotopic (exact) mass is 705 g/mol. The number of pyridine rings is 1. The second kappa shape index (κ2) is 15.1. The molecule has 0 amide bonds. The van der Waals surface area contributed by atoms with Crippen molar-refractivity contribution in [2.24, 2.45) is 0 Å². The molecule has 0 bridgehead atoms. The Kier molecular flexibility index (Phi) is 11.5. The predicted molar refractivity (Wildman–Crippen MR) is 165 cm³/mol. The number of nitrogens with zero attached hydrogens (tertiary/aromatic N) is 2. The molecule has 0 spiro atoms. The van der Waals surface area contributed by atoms with Crippen LogP contribution in [0.3, 0.4) is 0 Å². The highest BCUT2D eigenvalue weighted by Gasteiger charge is 2.35. The summed E-state index contributed by atoms with van der Waals surface area (Å²) < 4.78 is 19.3. The third-order valence-electron chi connectivity index (χ3n) is 8.12. The summed E-state index contributed by atoms with van der Waals surface area (Å²) in [5.41, 5.74) is 1.93. The van der Waals surface area contributed by atoms with Gasteiger partial charge < -0.3 is 48.1 Å². The number of halogens is 1. The molecule has 1 aliphatic heterocycles. The zero-order chi connectivity index (χ0) is 28.7. The maximum absolute atomic E-state index is 12.5. The van der Waals surface area contributed by atoms with Gasteiger partial charge in [-0.25, -0.2) is 4.79 Å². The van der Waals surface area contributed by atoms with Gasteiger partial charge in [0.05, 0.1) is 44.8 Å². The van der Waals surface area contributed by atoms with Crippen molar-refractivity contribution in [1.29, 1.82) is 0 Å². The van der Waals surface area contributed by atoms with E-state index in [1.54, 1.807) is 11.3 Å². The number of quaternary nitrogens is 1. The van der Waals surface area contributed by atoms with Crippen LogP contribution in [-0.2, 0) is 9.47 Å². The van der Waals surface area contributed by atoms with Crippen LogP contribution in [0.2, 0.25) is 0 Å². The fourth-order valence-electron chi connectivity index (χ4n) is 5.57. The number of benzene rings is 2. The molecule has 0 radical (unpaired) electrons. The first-order valence-electron chi connectivity index (χ1n) is 14.6. The number of fused-ring (bicyclic) bond motifs is 2. The molecule has 1 saturated heterocycles. The smallest absolute Gasteiger partial charge is 0.512 e. The number of H-pyrrole nitrogens is 1. The predicted octanol–water partition coefficient (Wildman–Crippen LogP) is 3.54. The van der Waals surface area contributed by atoms with Crippen molar-refractivity contribution in [2.45, 2.75) is 45.6 Å². The summed E-state index contributed by atoms with van der Waals surface area (Å²) in [5, 5.41) is 4.43. The van der Waals surface area contributed by atoms with Crippen molar-refractivity contribution in [3.05, 3.63) is 70.3 Å². The standard InChI is InChI=1S/C32H39N3O5S.HI/c1-3-25(4-2)40-32(37)39-23-35(18-15-34(16-19-35)29-8-7-9-30-27(29)14-21-41-30)17-5-6-20-38-26-12-10-24-11-13-31(36)33-28(24)22-26;/h7-14,21-22,25H,3-6,15-20,23H2,1-2H3;1H. The third-order valence-corrected chi connectivity index (χ3v) is 9.01. The summed E-state index contributed by atoms with van der Waals surface area (Å²) in [4.78, 5) is 29.5. The first-order valence-corrected chi connectivity index (χ1v) is 15.5. The van der Waals surface area contributed by atoms with Gasteiger partial charge in [-0.1, -0.05) is 19.9 Å². The highest BCUT2D eigenvalue weighted by molar-refractivity contribution is 7.17. The van der Waals surface area contributed by atoms with Gasteiger partial charge in [-0.15, -0.1) is 11.3 Å². The zero-order valence-electron chi connectivity index (χ0n) is 24.4. The minimum absolute atomic E-state index is 0. The number of anilines is 1. The van der Waals surface area contributed by atoms with Gasteiger partial charge in [0.15, 0.2) is 0 Å². The summed E-state index contributed by atoms with van der Waals surface area (Å²) in [6, 6.07) is 17.8. The lowest BCUT2D eigenvalue weighted by molar-refractivity contribution is -0.944. The number of hydrogen-bond acceptors (Lipinski definition) is 7. The quantitative estimate of drug-likeness (QED) is 0.105. The number of hydrogen-bond donors (Lipinski definition) is 1. The maximum atomic E-state index is 12.5. The number of nitrogens with one attached hydrogen (secondary N) is 1. The Morgan fingerprint density at radius 1 is 1.05 bits per heavy atom. The van der Waals surface area contributed by atoms with Gasteiger partial charge in [0.1, 0.15) is 11.9 Å². The molecule has 42 heavy (non-hydrogen) atoms. The molecule has 226 valence electrons. The average molecular weight is 706 g/mol. The van der Waals surface area contributed by atoms with E-state index >= 15 is 0 Å². The minimum atomic E-state index is -0.570. The van der Waals surface area contributed by atoms with E-state index in [2.05, 4.69) is 39.5 Å². The van der Waals surface area contributed by atoms with Crippen LogP contribution in [0.25, 0.3) is 21.0 Å². The Balaban J connectivity index is 0.00000405. The molecular weight excluding hydrogens is 665 g/mol. The molecule has 1 aliphatic rings. The molecule has 2 aromatic carbocycles. The molecule has 3 heterocycles. The minimum Gasteiger partial charge on any atom is -1.00 e. The van der Waals surface area contributed by atoms with Crippen LogP contribution in [0.4, 0.5) is 10.5 Å². The Morgan fingerprint density at radius 2 is 1.83 bits per heavy atom. The number of piperazine rings is 1. The number of thiophene rings is 1. The van der Waals surface area contributed by atoms with Crippen molar-refractivity contribution in [3.63, 3.8) is 0 Å². The van der Waals surface area contributed by atoms with Gasteiger partial charge in [-0.3, -0.25) is 9.28 Å². The molecule has 0 unspecified atom stereocenters. The van der Waals surface area contributed by atoms with E-state index in [-0.39, 0.29) is 35.6 Å². The van der Waals surface area contributed by atoms with Gasteiger partial charge >= 0.3 is 6.16 Å². The Labute approximate surface area is 268 Å². The number of aromatic amines is 1. The summed E-state index contributed by atoms with van der Waals surface area (Å²) in [7, 11) is 0. The van der Waals surface area contributed by atoms with E-state index in [4.69, 9.17) is 14.2 Å². The van der Waals surface area contributed by atoms with E-state index in [1.165, 1.54) is 21.8 Å². The van der Waals surface area contributed by atoms with Gasteiger partial charge in [0, 0.05) is 27.9 Å². The highest BCUT2D eigenvalue weighted by Crippen LogP contribution is 2.32. The van der Waals surface area contributed by atoms with E-state index in [0.29, 0.717) is 17.8 Å². The first-order chi connectivity index (χ1) is 20.0. The van der Waals surface area contributed by atoms with Crippen LogP contribution in [-0.4, -0.2) is 67.8 Å². The highest BCUT2D eigenvalue weighted by atomic mass is 127. The Morgan fingerprint density at radius 3 is 2.62 bits per heavy atom. The second-order valence-corrected chi connectivity index (χ2v) is 11.8. The zero-order valence-corrected chi connectivity index (χ0v) is 27.3. The molecule has 10 heteroatoms. The van der Waals surface area contributed by atoms with Crippen LogP contribution in [0.15, 0.2) is 64.8 Å². The molecule has 0 saturated carbocycles. The van der Waals surface area contributed by atoms with Gasteiger partial charge in [-0.2, -0.15) is 0 Å². The topological polar surface area (TPSA) is 80.9 Å². The summed E-state index contributed by atoms with van der Waals surface area (Å²) in [6.07, 6.45) is 2.70. The van der Waals surface area contributed by atoms with Crippen molar-refractivity contribution in [2.75, 3.05) is 51.0 Å². The van der Waals surface area contributed by atoms with Crippen molar-refractivity contribution < 1.29 is 47.5 Å². The molecule has 8 nitrogen and oxygen atoms in total. The largest absolute Gasteiger partial charge is 1.00 e. The van der Waals surface area contributed by atoms with Crippen LogP contribution in [0.5, 0.6) is 5.75 Å². The summed E-state index contributed by atoms with van der Waals surface area (Å²) >= 11 is 1.77. The van der Waals surface area contributed by atoms with E-state index < -0.39 is 6.16 Å². The first kappa shape index (κ1) is 32.1. The lowest BCUT2D eigenvalue weighted by Gasteiger charge is -2.44. The number of unbranched alkanes of at least 4 members (excludes halogenated alkanes) is 1. The third kappa shape index (κ3) is 7.96. The van der Waals surface area contributed by atoms with Crippen molar-refractivity contribution in [1.82, 2.24) is 4.98 Å². The van der Waals surface area contributed by atoms with Crippen molar-refractivity contribution >= 4 is 44.2 Å². The number of carbonyl (C=O) groups is 1. The molecule has 4 aromatic rings. The molecule has 0 aliphatic carbocycles. The number of ether oxygens (including phenoxy) is 3. The van der Waals surface area contributed by atoms with Gasteiger partial charge in [0.2, 0.25) is 12.3 Å². The average Bonchev–Trinajstić information content (AvgIpc) is 3.48. The number of aromatic nitrogens is 1. The van der Waals surface area contributed by atoms with E-state index in [9.17, 15) is 9.59 Å². The Hall–Kier alpha value is -2.83. The molecular formula is C32H40IN3O5S. The van der Waals surface area contributed by atoms with Gasteiger partial charge in [-0.05, 0) is 72.8 Å². The van der Waals surface area contributed by atoms with Gasteiger partial charge in [0.25, 0.3) is 0 Å². The molecule has 0 atom stereocenters. The number of rotatable bonds is 12.